The normalized spacial score (nSPS) is 9.86. The van der Waals surface area contributed by atoms with Gasteiger partial charge in [0.2, 0.25) is 0 Å². The maximum atomic E-state index is 11.9. The van der Waals surface area contributed by atoms with E-state index in [1.807, 2.05) is 19.1 Å². The standard InChI is InChI=1S/C15H20N2O4/c1-11-6-4-5-7-12(11)15(20)16-9-8-14(19)21-10-13(18)17(2)3/h4-7H,8-10H2,1-3H3,(H,16,20). The van der Waals surface area contributed by atoms with Crippen molar-refractivity contribution in [3.8, 4) is 0 Å². The molecule has 21 heavy (non-hydrogen) atoms. The summed E-state index contributed by atoms with van der Waals surface area (Å²) in [4.78, 5) is 35.9. The molecule has 1 rings (SSSR count). The van der Waals surface area contributed by atoms with E-state index in [1.165, 1.54) is 4.90 Å². The number of carbonyl (C=O) groups excluding carboxylic acids is 3. The van der Waals surface area contributed by atoms with Crippen molar-refractivity contribution < 1.29 is 19.1 Å². The highest BCUT2D eigenvalue weighted by Crippen LogP contribution is 2.06. The Balaban J connectivity index is 2.30. The van der Waals surface area contributed by atoms with E-state index < -0.39 is 5.97 Å². The van der Waals surface area contributed by atoms with Crippen molar-refractivity contribution in [2.24, 2.45) is 0 Å². The minimum Gasteiger partial charge on any atom is -0.456 e. The van der Waals surface area contributed by atoms with Crippen LogP contribution in [0.2, 0.25) is 0 Å². The number of carbonyl (C=O) groups is 3. The number of hydrogen-bond donors (Lipinski definition) is 1. The second-order valence-corrected chi connectivity index (χ2v) is 4.77. The van der Waals surface area contributed by atoms with Crippen LogP contribution in [-0.4, -0.2) is 49.9 Å². The first-order valence-corrected chi connectivity index (χ1v) is 6.61. The van der Waals surface area contributed by atoms with Crippen LogP contribution < -0.4 is 5.32 Å². The number of benzene rings is 1. The fourth-order valence-electron chi connectivity index (χ4n) is 1.54. The third-order valence-electron chi connectivity index (χ3n) is 2.86. The molecule has 2 amide bonds. The Morgan fingerprint density at radius 2 is 1.86 bits per heavy atom. The molecule has 0 fully saturated rings. The zero-order valence-corrected chi connectivity index (χ0v) is 12.5. The third-order valence-corrected chi connectivity index (χ3v) is 2.86. The van der Waals surface area contributed by atoms with Gasteiger partial charge in [-0.1, -0.05) is 18.2 Å². The van der Waals surface area contributed by atoms with Gasteiger partial charge in [0.1, 0.15) is 0 Å². The summed E-state index contributed by atoms with van der Waals surface area (Å²) in [6.07, 6.45) is 0.0261. The van der Waals surface area contributed by atoms with E-state index in [0.717, 1.165) is 5.56 Å². The van der Waals surface area contributed by atoms with E-state index in [9.17, 15) is 14.4 Å². The first-order chi connectivity index (χ1) is 9.91. The molecule has 1 aromatic carbocycles. The van der Waals surface area contributed by atoms with Gasteiger partial charge in [0.25, 0.3) is 11.8 Å². The number of ether oxygens (including phenoxy) is 1. The summed E-state index contributed by atoms with van der Waals surface area (Å²) in [5.41, 5.74) is 1.45. The maximum absolute atomic E-state index is 11.9. The number of aryl methyl sites for hydroxylation is 1. The molecule has 0 atom stereocenters. The smallest absolute Gasteiger partial charge is 0.308 e. The summed E-state index contributed by atoms with van der Waals surface area (Å²) >= 11 is 0. The van der Waals surface area contributed by atoms with Crippen LogP contribution in [0.4, 0.5) is 0 Å². The number of hydrogen-bond acceptors (Lipinski definition) is 4. The van der Waals surface area contributed by atoms with E-state index >= 15 is 0 Å². The van der Waals surface area contributed by atoms with Gasteiger partial charge in [-0.05, 0) is 18.6 Å². The molecule has 0 aliphatic carbocycles. The second kappa shape index (κ2) is 8.04. The van der Waals surface area contributed by atoms with Crippen molar-refractivity contribution in [1.29, 1.82) is 0 Å². The average Bonchev–Trinajstić information content (AvgIpc) is 2.44. The van der Waals surface area contributed by atoms with E-state index in [-0.39, 0.29) is 31.4 Å². The lowest BCUT2D eigenvalue weighted by atomic mass is 10.1. The molecular weight excluding hydrogens is 272 g/mol. The van der Waals surface area contributed by atoms with E-state index in [1.54, 1.807) is 26.2 Å². The van der Waals surface area contributed by atoms with Gasteiger partial charge in [-0.15, -0.1) is 0 Å². The molecule has 0 saturated carbocycles. The van der Waals surface area contributed by atoms with Gasteiger partial charge in [0.05, 0.1) is 6.42 Å². The summed E-state index contributed by atoms with van der Waals surface area (Å²) in [7, 11) is 3.16. The van der Waals surface area contributed by atoms with Crippen LogP contribution in [-0.2, 0) is 14.3 Å². The first kappa shape index (κ1) is 16.7. The van der Waals surface area contributed by atoms with Gasteiger partial charge in [0.15, 0.2) is 6.61 Å². The minimum absolute atomic E-state index is 0.0261. The largest absolute Gasteiger partial charge is 0.456 e. The van der Waals surface area contributed by atoms with Gasteiger partial charge in [-0.2, -0.15) is 0 Å². The lowest BCUT2D eigenvalue weighted by Crippen LogP contribution is -2.30. The minimum atomic E-state index is -0.518. The average molecular weight is 292 g/mol. The highest BCUT2D eigenvalue weighted by atomic mass is 16.5. The van der Waals surface area contributed by atoms with Crippen molar-refractivity contribution in [2.75, 3.05) is 27.2 Å². The van der Waals surface area contributed by atoms with E-state index in [4.69, 9.17) is 4.74 Å². The van der Waals surface area contributed by atoms with Gasteiger partial charge in [-0.3, -0.25) is 14.4 Å². The predicted molar refractivity (Wildman–Crippen MR) is 77.8 cm³/mol. The molecule has 0 aliphatic heterocycles. The quantitative estimate of drug-likeness (QED) is 0.785. The molecular formula is C15H20N2O4. The Morgan fingerprint density at radius 3 is 2.48 bits per heavy atom. The van der Waals surface area contributed by atoms with Crippen LogP contribution in [0.1, 0.15) is 22.3 Å². The Morgan fingerprint density at radius 1 is 1.19 bits per heavy atom. The van der Waals surface area contributed by atoms with Crippen LogP contribution >= 0.6 is 0 Å². The molecule has 0 bridgehead atoms. The van der Waals surface area contributed by atoms with E-state index in [0.29, 0.717) is 5.56 Å². The number of amides is 2. The van der Waals surface area contributed by atoms with Crippen molar-refractivity contribution >= 4 is 17.8 Å². The lowest BCUT2D eigenvalue weighted by molar-refractivity contribution is -0.150. The molecule has 0 aromatic heterocycles. The molecule has 0 saturated heterocycles. The molecule has 6 heteroatoms. The fourth-order valence-corrected chi connectivity index (χ4v) is 1.54. The molecule has 0 heterocycles. The van der Waals surface area contributed by atoms with Crippen LogP contribution in [0.25, 0.3) is 0 Å². The topological polar surface area (TPSA) is 75.7 Å². The highest BCUT2D eigenvalue weighted by Gasteiger charge is 2.11. The maximum Gasteiger partial charge on any atom is 0.308 e. The molecule has 114 valence electrons. The monoisotopic (exact) mass is 292 g/mol. The molecule has 0 spiro atoms. The van der Waals surface area contributed by atoms with Gasteiger partial charge >= 0.3 is 5.97 Å². The van der Waals surface area contributed by atoms with Gasteiger partial charge in [-0.25, -0.2) is 0 Å². The fraction of sp³-hybridized carbons (Fsp3) is 0.400. The number of esters is 1. The van der Waals surface area contributed by atoms with Crippen LogP contribution in [0, 0.1) is 6.92 Å². The summed E-state index contributed by atoms with van der Waals surface area (Å²) < 4.78 is 4.79. The van der Waals surface area contributed by atoms with Crippen LogP contribution in [0.3, 0.4) is 0 Å². The second-order valence-electron chi connectivity index (χ2n) is 4.77. The summed E-state index contributed by atoms with van der Waals surface area (Å²) in [5, 5.41) is 2.65. The third kappa shape index (κ3) is 5.64. The SMILES string of the molecule is Cc1ccccc1C(=O)NCCC(=O)OCC(=O)N(C)C. The zero-order valence-electron chi connectivity index (χ0n) is 12.5. The van der Waals surface area contributed by atoms with Gasteiger partial charge in [0, 0.05) is 26.2 Å². The number of rotatable bonds is 6. The summed E-state index contributed by atoms with van der Waals surface area (Å²) in [6, 6.07) is 7.20. The number of nitrogens with zero attached hydrogens (tertiary/aromatic N) is 1. The molecule has 1 N–H and O–H groups in total. The van der Waals surface area contributed by atoms with Crippen molar-refractivity contribution in [3.63, 3.8) is 0 Å². The zero-order chi connectivity index (χ0) is 15.8. The molecule has 6 nitrogen and oxygen atoms in total. The molecule has 0 aliphatic rings. The number of likely N-dealkylation sites (N-methyl/N-ethyl adjacent to an activating group) is 1. The van der Waals surface area contributed by atoms with Crippen molar-refractivity contribution in [1.82, 2.24) is 10.2 Å². The van der Waals surface area contributed by atoms with Crippen molar-refractivity contribution in [2.45, 2.75) is 13.3 Å². The first-order valence-electron chi connectivity index (χ1n) is 6.61. The van der Waals surface area contributed by atoms with Crippen molar-refractivity contribution in [3.05, 3.63) is 35.4 Å². The Hall–Kier alpha value is -2.37. The summed E-state index contributed by atoms with van der Waals surface area (Å²) in [6.45, 7) is 1.73. The Bertz CT molecular complexity index is 526. The molecule has 0 radical (unpaired) electrons. The van der Waals surface area contributed by atoms with E-state index in [2.05, 4.69) is 5.32 Å². The number of nitrogens with one attached hydrogen (secondary N) is 1. The Kier molecular flexibility index (Phi) is 6.39. The summed E-state index contributed by atoms with van der Waals surface area (Å²) in [5.74, 6) is -1.03. The lowest BCUT2D eigenvalue weighted by Gasteiger charge is -2.10. The predicted octanol–water partition coefficient (Wildman–Crippen LogP) is 0.746. The highest BCUT2D eigenvalue weighted by molar-refractivity contribution is 5.95. The molecule has 0 unspecified atom stereocenters. The van der Waals surface area contributed by atoms with Crippen LogP contribution in [0.5, 0.6) is 0 Å². The molecule has 1 aromatic rings. The van der Waals surface area contributed by atoms with Crippen LogP contribution in [0.15, 0.2) is 24.3 Å². The van der Waals surface area contributed by atoms with Gasteiger partial charge < -0.3 is 15.0 Å². The Labute approximate surface area is 124 Å².